The average molecular weight is 307 g/mol. The van der Waals surface area contributed by atoms with Crippen molar-refractivity contribution in [2.75, 3.05) is 6.61 Å². The summed E-state index contributed by atoms with van der Waals surface area (Å²) < 4.78 is 5.75. The van der Waals surface area contributed by atoms with Gasteiger partial charge in [0.15, 0.2) is 0 Å². The van der Waals surface area contributed by atoms with Crippen molar-refractivity contribution in [1.29, 1.82) is 0 Å². The maximum Gasteiger partial charge on any atom is 0.119 e. The van der Waals surface area contributed by atoms with Crippen molar-refractivity contribution in [3.63, 3.8) is 0 Å². The van der Waals surface area contributed by atoms with E-state index in [9.17, 15) is 5.11 Å². The first-order chi connectivity index (χ1) is 10.6. The number of aliphatic hydroxyl groups excluding tert-OH is 1. The standard InChI is InChI=1S/C19H33NO2/c1-4-6-7-8-13-22-17-11-9-16(10-12-17)15(3)14-19(21)18(20)5-2/h9-12,15,18-19,21H,4-8,13-14,20H2,1-3H3. The highest BCUT2D eigenvalue weighted by Crippen LogP contribution is 2.24. The van der Waals surface area contributed by atoms with Crippen LogP contribution in [0.25, 0.3) is 0 Å². The summed E-state index contributed by atoms with van der Waals surface area (Å²) in [7, 11) is 0. The molecular formula is C19H33NO2. The molecule has 3 atom stereocenters. The molecule has 3 heteroatoms. The van der Waals surface area contributed by atoms with Crippen molar-refractivity contribution < 1.29 is 9.84 Å². The molecule has 0 aliphatic carbocycles. The van der Waals surface area contributed by atoms with Gasteiger partial charge in [-0.15, -0.1) is 0 Å². The van der Waals surface area contributed by atoms with Crippen LogP contribution in [0.3, 0.4) is 0 Å². The molecular weight excluding hydrogens is 274 g/mol. The number of rotatable bonds is 11. The summed E-state index contributed by atoms with van der Waals surface area (Å²) in [6.45, 7) is 7.14. The van der Waals surface area contributed by atoms with E-state index in [-0.39, 0.29) is 6.04 Å². The molecule has 3 unspecified atom stereocenters. The molecule has 0 saturated heterocycles. The number of aliphatic hydroxyl groups is 1. The highest BCUT2D eigenvalue weighted by atomic mass is 16.5. The van der Waals surface area contributed by atoms with Crippen molar-refractivity contribution in [2.24, 2.45) is 5.73 Å². The number of benzene rings is 1. The second kappa shape index (κ2) is 10.6. The van der Waals surface area contributed by atoms with E-state index >= 15 is 0 Å². The Bertz CT molecular complexity index is 391. The molecule has 0 radical (unpaired) electrons. The second-order valence-corrected chi connectivity index (χ2v) is 6.25. The Kier molecular flexibility index (Phi) is 9.17. The Hall–Kier alpha value is -1.06. The van der Waals surface area contributed by atoms with Gasteiger partial charge in [-0.2, -0.15) is 0 Å². The minimum absolute atomic E-state index is 0.131. The first-order valence-electron chi connectivity index (χ1n) is 8.74. The van der Waals surface area contributed by atoms with E-state index in [2.05, 4.69) is 26.0 Å². The zero-order chi connectivity index (χ0) is 16.4. The average Bonchev–Trinajstić information content (AvgIpc) is 2.54. The molecule has 0 aliphatic heterocycles. The third kappa shape index (κ3) is 6.80. The first kappa shape index (κ1) is 19.0. The molecule has 126 valence electrons. The minimum Gasteiger partial charge on any atom is -0.494 e. The van der Waals surface area contributed by atoms with E-state index in [4.69, 9.17) is 10.5 Å². The number of unbranched alkanes of at least 4 members (excludes halogenated alkanes) is 3. The van der Waals surface area contributed by atoms with Crippen molar-refractivity contribution in [3.05, 3.63) is 29.8 Å². The van der Waals surface area contributed by atoms with Gasteiger partial charge in [0, 0.05) is 6.04 Å². The topological polar surface area (TPSA) is 55.5 Å². The molecule has 0 fully saturated rings. The van der Waals surface area contributed by atoms with E-state index in [1.165, 1.54) is 24.8 Å². The molecule has 1 aromatic carbocycles. The molecule has 1 aromatic rings. The number of ether oxygens (including phenoxy) is 1. The third-order valence-electron chi connectivity index (χ3n) is 4.28. The summed E-state index contributed by atoms with van der Waals surface area (Å²) in [6, 6.07) is 8.11. The van der Waals surface area contributed by atoms with Crippen LogP contribution in [0.15, 0.2) is 24.3 Å². The minimum atomic E-state index is -0.436. The van der Waals surface area contributed by atoms with E-state index in [1.807, 2.05) is 19.1 Å². The normalized spacial score (nSPS) is 15.3. The summed E-state index contributed by atoms with van der Waals surface area (Å²) >= 11 is 0. The van der Waals surface area contributed by atoms with Gasteiger partial charge in [0.2, 0.25) is 0 Å². The molecule has 0 aliphatic rings. The van der Waals surface area contributed by atoms with E-state index < -0.39 is 6.10 Å². The number of nitrogens with two attached hydrogens (primary N) is 1. The van der Waals surface area contributed by atoms with Crippen molar-refractivity contribution in [3.8, 4) is 5.75 Å². The van der Waals surface area contributed by atoms with Gasteiger partial charge in [-0.25, -0.2) is 0 Å². The highest BCUT2D eigenvalue weighted by Gasteiger charge is 2.17. The lowest BCUT2D eigenvalue weighted by molar-refractivity contribution is 0.126. The predicted molar refractivity (Wildman–Crippen MR) is 93.4 cm³/mol. The SMILES string of the molecule is CCCCCCOc1ccc(C(C)CC(O)C(N)CC)cc1. The molecule has 0 heterocycles. The Morgan fingerprint density at radius 1 is 1.09 bits per heavy atom. The fourth-order valence-corrected chi connectivity index (χ4v) is 2.56. The zero-order valence-electron chi connectivity index (χ0n) is 14.4. The largest absolute Gasteiger partial charge is 0.494 e. The Labute approximate surface area is 135 Å². The zero-order valence-corrected chi connectivity index (χ0v) is 14.4. The van der Waals surface area contributed by atoms with E-state index in [0.29, 0.717) is 12.3 Å². The van der Waals surface area contributed by atoms with Gasteiger partial charge in [-0.05, 0) is 42.9 Å². The van der Waals surface area contributed by atoms with Crippen LogP contribution < -0.4 is 10.5 Å². The number of hydrogen-bond donors (Lipinski definition) is 2. The Balaban J connectivity index is 2.40. The van der Waals surface area contributed by atoms with Crippen molar-refractivity contribution >= 4 is 0 Å². The van der Waals surface area contributed by atoms with E-state index in [0.717, 1.165) is 25.2 Å². The molecule has 3 N–H and O–H groups in total. The maximum atomic E-state index is 10.0. The van der Waals surface area contributed by atoms with Crippen LogP contribution in [0.4, 0.5) is 0 Å². The molecule has 0 aromatic heterocycles. The monoisotopic (exact) mass is 307 g/mol. The van der Waals surface area contributed by atoms with Crippen LogP contribution in [0, 0.1) is 0 Å². The number of hydrogen-bond acceptors (Lipinski definition) is 3. The third-order valence-corrected chi connectivity index (χ3v) is 4.28. The van der Waals surface area contributed by atoms with Gasteiger partial charge in [0.25, 0.3) is 0 Å². The van der Waals surface area contributed by atoms with Gasteiger partial charge in [-0.3, -0.25) is 0 Å². The van der Waals surface area contributed by atoms with Crippen molar-refractivity contribution in [1.82, 2.24) is 0 Å². The lowest BCUT2D eigenvalue weighted by Gasteiger charge is -2.21. The second-order valence-electron chi connectivity index (χ2n) is 6.25. The Morgan fingerprint density at radius 2 is 1.77 bits per heavy atom. The maximum absolute atomic E-state index is 10.0. The van der Waals surface area contributed by atoms with Gasteiger partial charge < -0.3 is 15.6 Å². The van der Waals surface area contributed by atoms with Crippen LogP contribution in [0.1, 0.15) is 70.8 Å². The van der Waals surface area contributed by atoms with Gasteiger partial charge in [-0.1, -0.05) is 52.2 Å². The lowest BCUT2D eigenvalue weighted by Crippen LogP contribution is -2.34. The van der Waals surface area contributed by atoms with Crippen LogP contribution in [0.2, 0.25) is 0 Å². The quantitative estimate of drug-likeness (QED) is 0.601. The summed E-state index contributed by atoms with van der Waals surface area (Å²) in [5.74, 6) is 1.23. The molecule has 0 saturated carbocycles. The van der Waals surface area contributed by atoms with Crippen LogP contribution >= 0.6 is 0 Å². The fraction of sp³-hybridized carbons (Fsp3) is 0.684. The molecule has 0 spiro atoms. The van der Waals surface area contributed by atoms with Crippen LogP contribution in [0.5, 0.6) is 5.75 Å². The molecule has 0 bridgehead atoms. The molecule has 3 nitrogen and oxygen atoms in total. The molecule has 0 amide bonds. The van der Waals surface area contributed by atoms with E-state index in [1.54, 1.807) is 0 Å². The highest BCUT2D eigenvalue weighted by molar-refractivity contribution is 5.29. The van der Waals surface area contributed by atoms with Gasteiger partial charge in [0.05, 0.1) is 12.7 Å². The summed E-state index contributed by atoms with van der Waals surface area (Å²) in [5.41, 5.74) is 7.11. The first-order valence-corrected chi connectivity index (χ1v) is 8.74. The van der Waals surface area contributed by atoms with Crippen LogP contribution in [-0.4, -0.2) is 23.9 Å². The van der Waals surface area contributed by atoms with Crippen LogP contribution in [-0.2, 0) is 0 Å². The summed E-state index contributed by atoms with van der Waals surface area (Å²) in [5, 5.41) is 10.0. The predicted octanol–water partition coefficient (Wildman–Crippen LogP) is 4.24. The summed E-state index contributed by atoms with van der Waals surface area (Å²) in [4.78, 5) is 0. The molecule has 1 rings (SSSR count). The van der Waals surface area contributed by atoms with Gasteiger partial charge >= 0.3 is 0 Å². The summed E-state index contributed by atoms with van der Waals surface area (Å²) in [6.07, 6.45) is 5.95. The fourth-order valence-electron chi connectivity index (χ4n) is 2.56. The van der Waals surface area contributed by atoms with Gasteiger partial charge in [0.1, 0.15) is 5.75 Å². The molecule has 22 heavy (non-hydrogen) atoms. The Morgan fingerprint density at radius 3 is 2.36 bits per heavy atom. The lowest BCUT2D eigenvalue weighted by atomic mass is 9.92. The smallest absolute Gasteiger partial charge is 0.119 e. The van der Waals surface area contributed by atoms with Crippen molar-refractivity contribution in [2.45, 2.75) is 77.4 Å².